The van der Waals surface area contributed by atoms with Crippen LogP contribution in [0.15, 0.2) is 16.6 Å². The molecule has 2 aromatic rings. The minimum absolute atomic E-state index is 0.510. The number of aromatic nitrogens is 3. The second-order valence-corrected chi connectivity index (χ2v) is 8.13. The van der Waals surface area contributed by atoms with Crippen LogP contribution in [0.5, 0.6) is 0 Å². The summed E-state index contributed by atoms with van der Waals surface area (Å²) in [5, 5.41) is 3.43. The van der Waals surface area contributed by atoms with Crippen LogP contribution >= 0.6 is 11.3 Å². The SMILES string of the molecule is CC(C)c1nc(CN2CCc3nc(C4=NCCCC4)ncc3C2)cs1. The number of aliphatic imine (C=N–C) groups is 1. The zero-order valence-corrected chi connectivity index (χ0v) is 15.8. The summed E-state index contributed by atoms with van der Waals surface area (Å²) < 4.78 is 0. The number of hydrogen-bond donors (Lipinski definition) is 0. The molecule has 0 atom stereocenters. The van der Waals surface area contributed by atoms with Crippen LogP contribution in [0.2, 0.25) is 0 Å². The van der Waals surface area contributed by atoms with Crippen LogP contribution in [0.25, 0.3) is 0 Å². The van der Waals surface area contributed by atoms with Crippen LogP contribution < -0.4 is 0 Å². The molecule has 25 heavy (non-hydrogen) atoms. The maximum Gasteiger partial charge on any atom is 0.173 e. The molecule has 6 heteroatoms. The van der Waals surface area contributed by atoms with Gasteiger partial charge in [0.2, 0.25) is 0 Å². The Morgan fingerprint density at radius 3 is 2.88 bits per heavy atom. The van der Waals surface area contributed by atoms with E-state index in [0.29, 0.717) is 5.92 Å². The van der Waals surface area contributed by atoms with Gasteiger partial charge in [0.25, 0.3) is 0 Å². The lowest BCUT2D eigenvalue weighted by Gasteiger charge is -2.27. The molecule has 0 fully saturated rings. The molecule has 132 valence electrons. The first-order valence-electron chi connectivity index (χ1n) is 9.24. The van der Waals surface area contributed by atoms with Crippen molar-refractivity contribution in [3.8, 4) is 0 Å². The van der Waals surface area contributed by atoms with Gasteiger partial charge in [-0.2, -0.15) is 0 Å². The Bertz CT molecular complexity index is 780. The van der Waals surface area contributed by atoms with Crippen molar-refractivity contribution in [2.24, 2.45) is 4.99 Å². The third-order valence-electron chi connectivity index (χ3n) is 4.84. The third kappa shape index (κ3) is 3.80. The van der Waals surface area contributed by atoms with Crippen molar-refractivity contribution in [1.82, 2.24) is 19.9 Å². The minimum atomic E-state index is 0.510. The van der Waals surface area contributed by atoms with Crippen LogP contribution in [-0.2, 0) is 19.5 Å². The van der Waals surface area contributed by atoms with E-state index in [1.165, 1.54) is 34.8 Å². The van der Waals surface area contributed by atoms with Gasteiger partial charge in [0, 0.05) is 55.7 Å². The lowest BCUT2D eigenvalue weighted by molar-refractivity contribution is 0.240. The lowest BCUT2D eigenvalue weighted by atomic mass is 10.1. The van der Waals surface area contributed by atoms with Crippen molar-refractivity contribution in [1.29, 1.82) is 0 Å². The standard InChI is InChI=1S/C19H25N5S/c1-13(2)19-22-15(12-25-19)11-24-8-6-16-14(10-24)9-21-18(23-16)17-5-3-4-7-20-17/h9,12-13H,3-8,10-11H2,1-2H3. The summed E-state index contributed by atoms with van der Waals surface area (Å²) >= 11 is 1.77. The molecule has 4 heterocycles. The molecule has 2 aromatic heterocycles. The zero-order valence-electron chi connectivity index (χ0n) is 15.0. The van der Waals surface area contributed by atoms with Crippen molar-refractivity contribution in [2.45, 2.75) is 58.5 Å². The smallest absolute Gasteiger partial charge is 0.173 e. The quantitative estimate of drug-likeness (QED) is 0.841. The second-order valence-electron chi connectivity index (χ2n) is 7.24. The summed E-state index contributed by atoms with van der Waals surface area (Å²) in [4.78, 5) is 21.2. The van der Waals surface area contributed by atoms with Crippen molar-refractivity contribution in [2.75, 3.05) is 13.1 Å². The predicted molar refractivity (Wildman–Crippen MR) is 101 cm³/mol. The molecular weight excluding hydrogens is 330 g/mol. The van der Waals surface area contributed by atoms with E-state index >= 15 is 0 Å². The summed E-state index contributed by atoms with van der Waals surface area (Å²) in [6, 6.07) is 0. The molecule has 0 aliphatic carbocycles. The maximum absolute atomic E-state index is 4.82. The highest BCUT2D eigenvalue weighted by atomic mass is 32.1. The van der Waals surface area contributed by atoms with Gasteiger partial charge in [-0.25, -0.2) is 15.0 Å². The van der Waals surface area contributed by atoms with Crippen molar-refractivity contribution < 1.29 is 0 Å². The molecule has 5 nitrogen and oxygen atoms in total. The van der Waals surface area contributed by atoms with Crippen LogP contribution in [0, 0.1) is 0 Å². The fraction of sp³-hybridized carbons (Fsp3) is 0.579. The van der Waals surface area contributed by atoms with E-state index in [9.17, 15) is 0 Å². The Morgan fingerprint density at radius 1 is 1.20 bits per heavy atom. The first kappa shape index (κ1) is 16.8. The minimum Gasteiger partial charge on any atom is -0.293 e. The molecule has 0 N–H and O–H groups in total. The van der Waals surface area contributed by atoms with Gasteiger partial charge in [-0.05, 0) is 19.3 Å². The Morgan fingerprint density at radius 2 is 2.12 bits per heavy atom. The molecule has 2 aliphatic heterocycles. The van der Waals surface area contributed by atoms with Gasteiger partial charge in [0.05, 0.1) is 22.1 Å². The Labute approximate surface area is 153 Å². The first-order chi connectivity index (χ1) is 12.2. The molecule has 0 unspecified atom stereocenters. The number of nitrogens with zero attached hydrogens (tertiary/aromatic N) is 5. The van der Waals surface area contributed by atoms with Gasteiger partial charge in [-0.1, -0.05) is 13.8 Å². The van der Waals surface area contributed by atoms with Crippen molar-refractivity contribution in [3.05, 3.63) is 39.4 Å². The van der Waals surface area contributed by atoms with Crippen LogP contribution in [0.3, 0.4) is 0 Å². The molecule has 0 saturated carbocycles. The maximum atomic E-state index is 4.82. The average molecular weight is 356 g/mol. The fourth-order valence-electron chi connectivity index (χ4n) is 3.42. The molecule has 0 saturated heterocycles. The number of thiazole rings is 1. The average Bonchev–Trinajstić information content (AvgIpc) is 3.11. The van der Waals surface area contributed by atoms with Gasteiger partial charge in [-0.15, -0.1) is 11.3 Å². The van der Waals surface area contributed by atoms with Crippen molar-refractivity contribution in [3.63, 3.8) is 0 Å². The van der Waals surface area contributed by atoms with Crippen LogP contribution in [0.4, 0.5) is 0 Å². The topological polar surface area (TPSA) is 54.3 Å². The van der Waals surface area contributed by atoms with Gasteiger partial charge in [-0.3, -0.25) is 9.89 Å². The monoisotopic (exact) mass is 355 g/mol. The molecule has 0 spiro atoms. The largest absolute Gasteiger partial charge is 0.293 e. The number of rotatable bonds is 4. The zero-order chi connectivity index (χ0) is 17.2. The molecule has 4 rings (SSSR count). The highest BCUT2D eigenvalue weighted by Gasteiger charge is 2.21. The first-order valence-corrected chi connectivity index (χ1v) is 10.1. The Kier molecular flexibility index (Phi) is 4.90. The highest BCUT2D eigenvalue weighted by Crippen LogP contribution is 2.23. The lowest BCUT2D eigenvalue weighted by Crippen LogP contribution is -2.31. The Hall–Kier alpha value is -1.66. The number of fused-ring (bicyclic) bond motifs is 1. The molecule has 0 amide bonds. The van der Waals surface area contributed by atoms with E-state index in [2.05, 4.69) is 34.1 Å². The van der Waals surface area contributed by atoms with Crippen LogP contribution in [-0.4, -0.2) is 38.7 Å². The van der Waals surface area contributed by atoms with Gasteiger partial charge < -0.3 is 0 Å². The van der Waals surface area contributed by atoms with Gasteiger partial charge in [0.15, 0.2) is 5.82 Å². The van der Waals surface area contributed by atoms with E-state index in [-0.39, 0.29) is 0 Å². The van der Waals surface area contributed by atoms with Gasteiger partial charge in [0.1, 0.15) is 0 Å². The molecule has 2 aliphatic rings. The molecule has 0 bridgehead atoms. The Balaban J connectivity index is 1.45. The fourth-order valence-corrected chi connectivity index (χ4v) is 4.24. The van der Waals surface area contributed by atoms with E-state index in [4.69, 9.17) is 9.97 Å². The molecule has 0 radical (unpaired) electrons. The predicted octanol–water partition coefficient (Wildman–Crippen LogP) is 3.59. The van der Waals surface area contributed by atoms with E-state index in [1.807, 2.05) is 6.20 Å². The summed E-state index contributed by atoms with van der Waals surface area (Å²) in [6.07, 6.45) is 6.42. The number of hydrogen-bond acceptors (Lipinski definition) is 6. The van der Waals surface area contributed by atoms with Crippen molar-refractivity contribution >= 4 is 17.0 Å². The van der Waals surface area contributed by atoms with Gasteiger partial charge >= 0.3 is 0 Å². The van der Waals surface area contributed by atoms with E-state index in [0.717, 1.165) is 50.6 Å². The normalized spacial score (nSPS) is 18.3. The highest BCUT2D eigenvalue weighted by molar-refractivity contribution is 7.09. The third-order valence-corrected chi connectivity index (χ3v) is 6.04. The molecular formula is C19H25N5S. The second kappa shape index (κ2) is 7.30. The van der Waals surface area contributed by atoms with E-state index < -0.39 is 0 Å². The summed E-state index contributed by atoms with van der Waals surface area (Å²) in [5.74, 6) is 1.36. The van der Waals surface area contributed by atoms with E-state index in [1.54, 1.807) is 11.3 Å². The summed E-state index contributed by atoms with van der Waals surface area (Å²) in [5.41, 5.74) is 4.74. The summed E-state index contributed by atoms with van der Waals surface area (Å²) in [6.45, 7) is 8.18. The summed E-state index contributed by atoms with van der Waals surface area (Å²) in [7, 11) is 0. The van der Waals surface area contributed by atoms with Crippen LogP contribution in [0.1, 0.15) is 66.8 Å². The molecule has 0 aromatic carbocycles.